The molecule has 2 aliphatic heterocycles. The lowest BCUT2D eigenvalue weighted by molar-refractivity contribution is 0.154. The van der Waals surface area contributed by atoms with Gasteiger partial charge in [-0.3, -0.25) is 0 Å². The van der Waals surface area contributed by atoms with E-state index in [-0.39, 0.29) is 16.6 Å². The Morgan fingerprint density at radius 3 is 2.46 bits per heavy atom. The predicted molar refractivity (Wildman–Crippen MR) is 50.2 cm³/mol. The van der Waals surface area contributed by atoms with Crippen LogP contribution in [0.5, 0.6) is 0 Å². The molecule has 2 rings (SSSR count). The average Bonchev–Trinajstić information content (AvgIpc) is 2.17. The minimum atomic E-state index is -2.89. The molecule has 0 aromatic rings. The van der Waals surface area contributed by atoms with Crippen molar-refractivity contribution in [3.8, 4) is 0 Å². The fourth-order valence-electron chi connectivity index (χ4n) is 2.53. The molecule has 1 N–H and O–H groups in total. The molecule has 3 atom stereocenters. The lowest BCUT2D eigenvalue weighted by atomic mass is 10.1. The van der Waals surface area contributed by atoms with E-state index < -0.39 is 9.84 Å². The zero-order valence-corrected chi connectivity index (χ0v) is 8.46. The summed E-state index contributed by atoms with van der Waals surface area (Å²) >= 11 is 0. The van der Waals surface area contributed by atoms with Gasteiger partial charge < -0.3 is 5.11 Å². The van der Waals surface area contributed by atoms with Crippen molar-refractivity contribution < 1.29 is 13.5 Å². The van der Waals surface area contributed by atoms with Gasteiger partial charge in [0.15, 0.2) is 9.84 Å². The maximum absolute atomic E-state index is 11.8. The fraction of sp³-hybridized carbons (Fsp3) is 1.00. The van der Waals surface area contributed by atoms with Crippen LogP contribution in [0.25, 0.3) is 0 Å². The topological polar surface area (TPSA) is 54.4 Å². The van der Waals surface area contributed by atoms with Crippen LogP contribution < -0.4 is 0 Å². The second-order valence-corrected chi connectivity index (χ2v) is 6.74. The third-order valence-corrected chi connectivity index (χ3v) is 6.10. The third-order valence-electron chi connectivity index (χ3n) is 3.34. The molecule has 0 amide bonds. The number of hydrogen-bond donors (Lipinski definition) is 1. The molecule has 2 aliphatic rings. The molecule has 0 aromatic heterocycles. The monoisotopic (exact) mass is 204 g/mol. The normalized spacial score (nSPS) is 43.9. The zero-order chi connectivity index (χ0) is 9.47. The van der Waals surface area contributed by atoms with Crippen molar-refractivity contribution in [2.75, 3.05) is 0 Å². The van der Waals surface area contributed by atoms with E-state index in [1.807, 2.05) is 0 Å². The van der Waals surface area contributed by atoms with Gasteiger partial charge in [-0.2, -0.15) is 0 Å². The predicted octanol–water partition coefficient (Wildman–Crippen LogP) is 0.867. The van der Waals surface area contributed by atoms with Gasteiger partial charge in [0.05, 0.1) is 16.6 Å². The maximum atomic E-state index is 11.8. The molecule has 2 fully saturated rings. The Hall–Kier alpha value is -0.0900. The van der Waals surface area contributed by atoms with Crippen LogP contribution in [0.4, 0.5) is 0 Å². The van der Waals surface area contributed by atoms with Crippen molar-refractivity contribution in [1.82, 2.24) is 0 Å². The van der Waals surface area contributed by atoms with E-state index in [1.165, 1.54) is 0 Å². The molecule has 4 heteroatoms. The summed E-state index contributed by atoms with van der Waals surface area (Å²) in [7, 11) is -2.89. The van der Waals surface area contributed by atoms with Gasteiger partial charge in [-0.05, 0) is 32.1 Å². The number of fused-ring (bicyclic) bond motifs is 2. The summed E-state index contributed by atoms with van der Waals surface area (Å²) in [4.78, 5) is 0. The third kappa shape index (κ3) is 1.62. The summed E-state index contributed by atoms with van der Waals surface area (Å²) in [6, 6.07) is 0. The van der Waals surface area contributed by atoms with Crippen LogP contribution in [0, 0.1) is 0 Å². The van der Waals surface area contributed by atoms with E-state index in [9.17, 15) is 13.5 Å². The van der Waals surface area contributed by atoms with Crippen molar-refractivity contribution in [3.63, 3.8) is 0 Å². The minimum Gasteiger partial charge on any atom is -0.393 e. The number of sulfone groups is 1. The summed E-state index contributed by atoms with van der Waals surface area (Å²) in [6.45, 7) is 0. The molecule has 0 radical (unpaired) electrons. The minimum absolute atomic E-state index is 0.150. The number of rotatable bonds is 0. The van der Waals surface area contributed by atoms with Crippen LogP contribution in [-0.2, 0) is 9.84 Å². The fourth-order valence-corrected chi connectivity index (χ4v) is 5.02. The standard InChI is InChI=1S/C9H16O3S/c10-7-4-5-8-2-1-3-9(6-7)13(8,11)12/h7-10H,1-6H2. The molecule has 76 valence electrons. The van der Waals surface area contributed by atoms with Crippen molar-refractivity contribution in [2.45, 2.75) is 55.1 Å². The Kier molecular flexibility index (Phi) is 2.36. The highest BCUT2D eigenvalue weighted by molar-refractivity contribution is 7.92. The Morgan fingerprint density at radius 1 is 1.00 bits per heavy atom. The molecule has 2 saturated heterocycles. The van der Waals surface area contributed by atoms with Crippen LogP contribution in [0.2, 0.25) is 0 Å². The largest absolute Gasteiger partial charge is 0.393 e. The van der Waals surface area contributed by atoms with Crippen molar-refractivity contribution in [1.29, 1.82) is 0 Å². The first-order chi connectivity index (χ1) is 6.10. The molecule has 2 heterocycles. The van der Waals surface area contributed by atoms with Gasteiger partial charge in [0.25, 0.3) is 0 Å². The smallest absolute Gasteiger partial charge is 0.156 e. The Morgan fingerprint density at radius 2 is 1.69 bits per heavy atom. The zero-order valence-electron chi connectivity index (χ0n) is 7.65. The molecular formula is C9H16O3S. The van der Waals surface area contributed by atoms with E-state index in [0.717, 1.165) is 19.3 Å². The molecule has 2 bridgehead atoms. The van der Waals surface area contributed by atoms with Crippen molar-refractivity contribution >= 4 is 9.84 Å². The van der Waals surface area contributed by atoms with Crippen LogP contribution in [0.1, 0.15) is 38.5 Å². The molecule has 0 saturated carbocycles. The Balaban J connectivity index is 2.30. The highest BCUT2D eigenvalue weighted by atomic mass is 32.2. The highest BCUT2D eigenvalue weighted by Crippen LogP contribution is 2.35. The van der Waals surface area contributed by atoms with E-state index in [4.69, 9.17) is 0 Å². The van der Waals surface area contributed by atoms with Gasteiger partial charge in [0, 0.05) is 0 Å². The lowest BCUT2D eigenvalue weighted by Crippen LogP contribution is -2.35. The summed E-state index contributed by atoms with van der Waals surface area (Å²) in [5, 5.41) is 9.11. The van der Waals surface area contributed by atoms with E-state index in [2.05, 4.69) is 0 Å². The van der Waals surface area contributed by atoms with Crippen LogP contribution in [0.15, 0.2) is 0 Å². The summed E-state index contributed by atoms with van der Waals surface area (Å²) in [5.74, 6) is 0. The molecule has 13 heavy (non-hydrogen) atoms. The first-order valence-electron chi connectivity index (χ1n) is 5.01. The second kappa shape index (κ2) is 3.24. The Bertz CT molecular complexity index is 283. The molecule has 3 unspecified atom stereocenters. The van der Waals surface area contributed by atoms with Gasteiger partial charge in [0.2, 0.25) is 0 Å². The van der Waals surface area contributed by atoms with Crippen LogP contribution in [-0.4, -0.2) is 30.1 Å². The first-order valence-corrected chi connectivity index (χ1v) is 6.62. The number of aliphatic hydroxyl groups is 1. The van der Waals surface area contributed by atoms with E-state index >= 15 is 0 Å². The lowest BCUT2D eigenvalue weighted by Gasteiger charge is -2.26. The van der Waals surface area contributed by atoms with Gasteiger partial charge in [-0.1, -0.05) is 6.42 Å². The second-order valence-electron chi connectivity index (χ2n) is 4.23. The molecule has 3 nitrogen and oxygen atoms in total. The van der Waals surface area contributed by atoms with Gasteiger partial charge in [-0.25, -0.2) is 8.42 Å². The average molecular weight is 204 g/mol. The molecule has 0 aromatic carbocycles. The van der Waals surface area contributed by atoms with Gasteiger partial charge in [0.1, 0.15) is 0 Å². The van der Waals surface area contributed by atoms with Crippen molar-refractivity contribution in [2.24, 2.45) is 0 Å². The first kappa shape index (κ1) is 9.46. The van der Waals surface area contributed by atoms with E-state index in [0.29, 0.717) is 19.3 Å². The van der Waals surface area contributed by atoms with Crippen LogP contribution in [0.3, 0.4) is 0 Å². The van der Waals surface area contributed by atoms with Crippen molar-refractivity contribution in [3.05, 3.63) is 0 Å². The number of aliphatic hydroxyl groups excluding tert-OH is 1. The molecule has 0 aliphatic carbocycles. The van der Waals surface area contributed by atoms with E-state index in [1.54, 1.807) is 0 Å². The Labute approximate surface area is 79.1 Å². The molecule has 0 spiro atoms. The summed E-state index contributed by atoms with van der Waals surface area (Å²) in [5.41, 5.74) is 0. The summed E-state index contributed by atoms with van der Waals surface area (Å²) < 4.78 is 23.7. The SMILES string of the molecule is O=S1(=O)C2CCCC1CC(O)CC2. The maximum Gasteiger partial charge on any atom is 0.156 e. The van der Waals surface area contributed by atoms with Gasteiger partial charge >= 0.3 is 0 Å². The highest BCUT2D eigenvalue weighted by Gasteiger charge is 2.40. The number of hydrogen-bond acceptors (Lipinski definition) is 3. The quantitative estimate of drug-likeness (QED) is 0.637. The van der Waals surface area contributed by atoms with Crippen LogP contribution >= 0.6 is 0 Å². The van der Waals surface area contributed by atoms with Gasteiger partial charge in [-0.15, -0.1) is 0 Å². The summed E-state index contributed by atoms with van der Waals surface area (Å²) in [6.07, 6.45) is 4.00. The molecular weight excluding hydrogens is 188 g/mol.